The fourth-order valence-electron chi connectivity index (χ4n) is 0.900. The van der Waals surface area contributed by atoms with Crippen LogP contribution in [-0.4, -0.2) is 30.1 Å². The molecule has 0 radical (unpaired) electrons. The summed E-state index contributed by atoms with van der Waals surface area (Å²) >= 11 is 0. The minimum Gasteiger partial charge on any atom is -0.394 e. The first-order chi connectivity index (χ1) is 5.03. The number of epoxide rings is 1. The molecule has 66 valence electrons. The van der Waals surface area contributed by atoms with Crippen molar-refractivity contribution in [2.24, 2.45) is 0 Å². The largest absolute Gasteiger partial charge is 0.394 e. The van der Waals surface area contributed by atoms with E-state index in [1.165, 1.54) is 0 Å². The van der Waals surface area contributed by atoms with Gasteiger partial charge in [-0.05, 0) is 6.42 Å². The maximum atomic E-state index is 11.6. The van der Waals surface area contributed by atoms with Crippen LogP contribution in [0.4, 0.5) is 13.2 Å². The van der Waals surface area contributed by atoms with Crippen LogP contribution in [0.25, 0.3) is 0 Å². The standard InChI is InChI=1S/C6H9F3O2/c7-6(8,9)2-1-4-5(3-10)11-4/h4-5,10H,1-3H2/t4-,5-/m1/s1. The van der Waals surface area contributed by atoms with Crippen molar-refractivity contribution >= 4 is 0 Å². The van der Waals surface area contributed by atoms with E-state index in [-0.39, 0.29) is 25.2 Å². The van der Waals surface area contributed by atoms with E-state index in [1.54, 1.807) is 0 Å². The number of aliphatic hydroxyl groups is 1. The van der Waals surface area contributed by atoms with Gasteiger partial charge in [0.2, 0.25) is 0 Å². The lowest BCUT2D eigenvalue weighted by Crippen LogP contribution is -2.09. The molecule has 1 rings (SSSR count). The summed E-state index contributed by atoms with van der Waals surface area (Å²) in [7, 11) is 0. The van der Waals surface area contributed by atoms with Crippen molar-refractivity contribution in [1.82, 2.24) is 0 Å². The molecule has 1 fully saturated rings. The molecule has 0 aliphatic carbocycles. The Morgan fingerprint density at radius 3 is 2.27 bits per heavy atom. The van der Waals surface area contributed by atoms with E-state index in [4.69, 9.17) is 9.84 Å². The molecule has 0 unspecified atom stereocenters. The van der Waals surface area contributed by atoms with Crippen LogP contribution in [0.2, 0.25) is 0 Å². The highest BCUT2D eigenvalue weighted by molar-refractivity contribution is 4.84. The van der Waals surface area contributed by atoms with Gasteiger partial charge in [0.15, 0.2) is 0 Å². The van der Waals surface area contributed by atoms with Crippen LogP contribution in [0.1, 0.15) is 12.8 Å². The van der Waals surface area contributed by atoms with E-state index in [0.29, 0.717) is 0 Å². The minimum atomic E-state index is -4.11. The predicted octanol–water partition coefficient (Wildman–Crippen LogP) is 1.09. The summed E-state index contributed by atoms with van der Waals surface area (Å²) in [6.45, 7) is -0.178. The third-order valence-corrected chi connectivity index (χ3v) is 1.58. The van der Waals surface area contributed by atoms with Gasteiger partial charge >= 0.3 is 6.18 Å². The van der Waals surface area contributed by atoms with E-state index in [2.05, 4.69) is 0 Å². The second kappa shape index (κ2) is 2.98. The van der Waals surface area contributed by atoms with E-state index >= 15 is 0 Å². The molecular formula is C6H9F3O2. The smallest absolute Gasteiger partial charge is 0.389 e. The van der Waals surface area contributed by atoms with Crippen molar-refractivity contribution in [1.29, 1.82) is 0 Å². The number of hydrogen-bond acceptors (Lipinski definition) is 2. The number of rotatable bonds is 3. The van der Waals surface area contributed by atoms with Crippen LogP contribution in [0, 0.1) is 0 Å². The Balaban J connectivity index is 2.06. The monoisotopic (exact) mass is 170 g/mol. The SMILES string of the molecule is OC[C@H]1O[C@@H]1CCC(F)(F)F. The molecule has 0 amide bonds. The number of hydrogen-bond donors (Lipinski definition) is 1. The van der Waals surface area contributed by atoms with Crippen molar-refractivity contribution in [3.63, 3.8) is 0 Å². The van der Waals surface area contributed by atoms with Crippen LogP contribution in [0.15, 0.2) is 0 Å². The van der Waals surface area contributed by atoms with E-state index in [9.17, 15) is 13.2 Å². The average molecular weight is 170 g/mol. The number of halogens is 3. The lowest BCUT2D eigenvalue weighted by atomic mass is 10.2. The second-order valence-electron chi connectivity index (χ2n) is 2.55. The van der Waals surface area contributed by atoms with E-state index in [0.717, 1.165) is 0 Å². The van der Waals surface area contributed by atoms with Gasteiger partial charge in [-0.2, -0.15) is 13.2 Å². The maximum Gasteiger partial charge on any atom is 0.389 e. The van der Waals surface area contributed by atoms with Gasteiger partial charge < -0.3 is 9.84 Å². The van der Waals surface area contributed by atoms with Gasteiger partial charge in [0.1, 0.15) is 6.10 Å². The van der Waals surface area contributed by atoms with Gasteiger partial charge in [-0.1, -0.05) is 0 Å². The quantitative estimate of drug-likeness (QED) is 0.643. The van der Waals surface area contributed by atoms with Crippen LogP contribution in [0.5, 0.6) is 0 Å². The van der Waals surface area contributed by atoms with Crippen LogP contribution in [0.3, 0.4) is 0 Å². The number of ether oxygens (including phenoxy) is 1. The number of alkyl halides is 3. The molecule has 0 spiro atoms. The Morgan fingerprint density at radius 1 is 1.27 bits per heavy atom. The normalized spacial score (nSPS) is 30.5. The molecule has 0 aromatic heterocycles. The highest BCUT2D eigenvalue weighted by atomic mass is 19.4. The first-order valence-corrected chi connectivity index (χ1v) is 3.36. The Hall–Kier alpha value is -0.290. The molecule has 0 aromatic carbocycles. The molecule has 0 aromatic rings. The summed E-state index contributed by atoms with van der Waals surface area (Å²) in [6.07, 6.45) is -5.69. The van der Waals surface area contributed by atoms with Crippen molar-refractivity contribution in [2.75, 3.05) is 6.61 Å². The van der Waals surface area contributed by atoms with Crippen LogP contribution >= 0.6 is 0 Å². The predicted molar refractivity (Wildman–Crippen MR) is 31.0 cm³/mol. The zero-order valence-electron chi connectivity index (χ0n) is 5.77. The average Bonchev–Trinajstić information content (AvgIpc) is 2.60. The van der Waals surface area contributed by atoms with Gasteiger partial charge in [0.25, 0.3) is 0 Å². The van der Waals surface area contributed by atoms with Gasteiger partial charge in [-0.3, -0.25) is 0 Å². The van der Waals surface area contributed by atoms with Gasteiger partial charge in [-0.25, -0.2) is 0 Å². The van der Waals surface area contributed by atoms with Crippen molar-refractivity contribution in [3.8, 4) is 0 Å². The third-order valence-electron chi connectivity index (χ3n) is 1.58. The molecule has 11 heavy (non-hydrogen) atoms. The van der Waals surface area contributed by atoms with E-state index < -0.39 is 12.6 Å². The zero-order chi connectivity index (χ0) is 8.48. The lowest BCUT2D eigenvalue weighted by molar-refractivity contribution is -0.136. The Bertz CT molecular complexity index is 134. The van der Waals surface area contributed by atoms with Crippen molar-refractivity contribution < 1.29 is 23.0 Å². The Morgan fingerprint density at radius 2 is 1.91 bits per heavy atom. The number of aliphatic hydroxyl groups excluding tert-OH is 1. The highest BCUT2D eigenvalue weighted by Gasteiger charge is 2.40. The lowest BCUT2D eigenvalue weighted by Gasteiger charge is -2.02. The van der Waals surface area contributed by atoms with Gasteiger partial charge in [-0.15, -0.1) is 0 Å². The van der Waals surface area contributed by atoms with Crippen LogP contribution in [-0.2, 0) is 4.74 Å². The molecule has 1 heterocycles. The molecule has 0 saturated carbocycles. The fourth-order valence-corrected chi connectivity index (χ4v) is 0.900. The fraction of sp³-hybridized carbons (Fsp3) is 1.00. The van der Waals surface area contributed by atoms with Crippen molar-refractivity contribution in [3.05, 3.63) is 0 Å². The molecule has 1 aliphatic heterocycles. The third kappa shape index (κ3) is 3.07. The van der Waals surface area contributed by atoms with Crippen LogP contribution < -0.4 is 0 Å². The summed E-state index contributed by atoms with van der Waals surface area (Å²) in [4.78, 5) is 0. The molecule has 0 bridgehead atoms. The van der Waals surface area contributed by atoms with Gasteiger partial charge in [0.05, 0.1) is 12.7 Å². The summed E-state index contributed by atoms with van der Waals surface area (Å²) in [5, 5.41) is 8.40. The zero-order valence-corrected chi connectivity index (χ0v) is 5.77. The summed E-state index contributed by atoms with van der Waals surface area (Å²) in [6, 6.07) is 0. The highest BCUT2D eigenvalue weighted by Crippen LogP contribution is 2.31. The molecule has 1 saturated heterocycles. The Kier molecular flexibility index (Phi) is 2.39. The summed E-state index contributed by atoms with van der Waals surface area (Å²) in [5.74, 6) is 0. The summed E-state index contributed by atoms with van der Waals surface area (Å²) in [5.41, 5.74) is 0. The minimum absolute atomic E-state index is 0.0330. The molecular weight excluding hydrogens is 161 g/mol. The first kappa shape index (κ1) is 8.80. The maximum absolute atomic E-state index is 11.6. The topological polar surface area (TPSA) is 32.8 Å². The molecule has 1 N–H and O–H groups in total. The van der Waals surface area contributed by atoms with E-state index in [1.807, 2.05) is 0 Å². The molecule has 2 atom stereocenters. The molecule has 5 heteroatoms. The Labute approximate surface area is 62.0 Å². The first-order valence-electron chi connectivity index (χ1n) is 3.36. The second-order valence-corrected chi connectivity index (χ2v) is 2.55. The molecule has 1 aliphatic rings. The summed E-state index contributed by atoms with van der Waals surface area (Å²) < 4.78 is 39.4. The van der Waals surface area contributed by atoms with Crippen molar-refractivity contribution in [2.45, 2.75) is 31.2 Å². The van der Waals surface area contributed by atoms with Gasteiger partial charge in [0, 0.05) is 6.42 Å². The molecule has 2 nitrogen and oxygen atoms in total.